The highest BCUT2D eigenvalue weighted by Crippen LogP contribution is 2.28. The highest BCUT2D eigenvalue weighted by molar-refractivity contribution is 5.80. The monoisotopic (exact) mass is 297 g/mol. The van der Waals surface area contributed by atoms with Crippen LogP contribution in [0.15, 0.2) is 54.6 Å². The number of hydrogen-bond acceptors (Lipinski definition) is 3. The first-order chi connectivity index (χ1) is 10.8. The smallest absolute Gasteiger partial charge is 0.223 e. The molecule has 4 heteroatoms. The van der Waals surface area contributed by atoms with Gasteiger partial charge in [0.15, 0.2) is 0 Å². The number of carbonyl (C=O) groups excluding carboxylic acids is 1. The minimum absolute atomic E-state index is 0.148. The lowest BCUT2D eigenvalue weighted by atomic mass is 10.3. The van der Waals surface area contributed by atoms with Crippen LogP contribution in [0.4, 0.5) is 0 Å². The molecule has 0 bridgehead atoms. The first kappa shape index (κ1) is 14.4. The van der Waals surface area contributed by atoms with E-state index in [0.717, 1.165) is 30.1 Å². The minimum atomic E-state index is 0.148. The number of benzene rings is 2. The van der Waals surface area contributed by atoms with E-state index in [4.69, 9.17) is 9.47 Å². The van der Waals surface area contributed by atoms with Crippen molar-refractivity contribution in [2.45, 2.75) is 12.8 Å². The normalized spacial score (nSPS) is 13.5. The van der Waals surface area contributed by atoms with E-state index in [1.54, 1.807) is 0 Å². The van der Waals surface area contributed by atoms with Gasteiger partial charge in [0.25, 0.3) is 0 Å². The second-order valence-electron chi connectivity index (χ2n) is 5.30. The van der Waals surface area contributed by atoms with Gasteiger partial charge in [-0.25, -0.2) is 0 Å². The van der Waals surface area contributed by atoms with Crippen molar-refractivity contribution in [1.29, 1.82) is 0 Å². The summed E-state index contributed by atoms with van der Waals surface area (Å²) in [4.78, 5) is 11.5. The van der Waals surface area contributed by atoms with Crippen molar-refractivity contribution in [3.8, 4) is 17.2 Å². The van der Waals surface area contributed by atoms with Gasteiger partial charge in [0.2, 0.25) is 5.91 Å². The summed E-state index contributed by atoms with van der Waals surface area (Å²) in [5.41, 5.74) is 0. The first-order valence-electron chi connectivity index (χ1n) is 7.55. The molecule has 1 amide bonds. The fraction of sp³-hybridized carbons (Fsp3) is 0.278. The Morgan fingerprint density at radius 2 is 1.59 bits per heavy atom. The van der Waals surface area contributed by atoms with E-state index < -0.39 is 0 Å². The summed E-state index contributed by atoms with van der Waals surface area (Å²) in [5.74, 6) is 2.73. The molecule has 0 spiro atoms. The fourth-order valence-electron chi connectivity index (χ4n) is 2.06. The van der Waals surface area contributed by atoms with Crippen LogP contribution < -0.4 is 14.8 Å². The summed E-state index contributed by atoms with van der Waals surface area (Å²) in [6.07, 6.45) is 2.05. The van der Waals surface area contributed by atoms with Crippen LogP contribution in [0.25, 0.3) is 0 Å². The molecule has 2 aromatic rings. The molecule has 3 rings (SSSR count). The van der Waals surface area contributed by atoms with E-state index >= 15 is 0 Å². The molecule has 0 radical (unpaired) electrons. The maximum absolute atomic E-state index is 11.5. The molecule has 4 nitrogen and oxygen atoms in total. The predicted molar refractivity (Wildman–Crippen MR) is 84.2 cm³/mol. The highest BCUT2D eigenvalue weighted by Gasteiger charge is 2.28. The lowest BCUT2D eigenvalue weighted by molar-refractivity contribution is -0.122. The number of carbonyl (C=O) groups is 1. The molecule has 22 heavy (non-hydrogen) atoms. The third-order valence-electron chi connectivity index (χ3n) is 3.42. The van der Waals surface area contributed by atoms with Crippen molar-refractivity contribution in [2.75, 3.05) is 13.2 Å². The maximum atomic E-state index is 11.5. The molecule has 1 N–H and O–H groups in total. The molecule has 1 aliphatic carbocycles. The lowest BCUT2D eigenvalue weighted by Crippen LogP contribution is -2.29. The molecular weight excluding hydrogens is 278 g/mol. The van der Waals surface area contributed by atoms with Crippen molar-refractivity contribution in [3.05, 3.63) is 54.6 Å². The number of para-hydroxylation sites is 1. The molecule has 0 saturated heterocycles. The zero-order chi connectivity index (χ0) is 15.2. The maximum Gasteiger partial charge on any atom is 0.223 e. The van der Waals surface area contributed by atoms with Gasteiger partial charge in [0.05, 0.1) is 6.54 Å². The second kappa shape index (κ2) is 6.98. The number of amides is 1. The van der Waals surface area contributed by atoms with Crippen LogP contribution in [0.1, 0.15) is 12.8 Å². The van der Waals surface area contributed by atoms with Crippen molar-refractivity contribution in [2.24, 2.45) is 5.92 Å². The summed E-state index contributed by atoms with van der Waals surface area (Å²) in [7, 11) is 0. The molecule has 0 atom stereocenters. The van der Waals surface area contributed by atoms with Crippen LogP contribution >= 0.6 is 0 Å². The first-order valence-corrected chi connectivity index (χ1v) is 7.55. The van der Waals surface area contributed by atoms with E-state index in [2.05, 4.69) is 5.32 Å². The molecule has 114 valence electrons. The second-order valence-corrected chi connectivity index (χ2v) is 5.30. The molecule has 1 saturated carbocycles. The largest absolute Gasteiger partial charge is 0.492 e. The van der Waals surface area contributed by atoms with Crippen LogP contribution in [-0.4, -0.2) is 19.1 Å². The standard InChI is InChI=1S/C18H19NO3/c20-18(14-6-7-14)19-12-13-21-15-8-10-17(11-9-15)22-16-4-2-1-3-5-16/h1-5,8-11,14H,6-7,12-13H2,(H,19,20). The zero-order valence-corrected chi connectivity index (χ0v) is 12.3. The zero-order valence-electron chi connectivity index (χ0n) is 12.3. The predicted octanol–water partition coefficient (Wildman–Crippen LogP) is 3.38. The number of ether oxygens (including phenoxy) is 2. The van der Waals surface area contributed by atoms with Crippen LogP contribution in [0, 0.1) is 5.92 Å². The van der Waals surface area contributed by atoms with Gasteiger partial charge in [-0.1, -0.05) is 18.2 Å². The van der Waals surface area contributed by atoms with Crippen LogP contribution in [0.2, 0.25) is 0 Å². The third-order valence-corrected chi connectivity index (χ3v) is 3.42. The topological polar surface area (TPSA) is 47.6 Å². The quantitative estimate of drug-likeness (QED) is 0.797. The van der Waals surface area contributed by atoms with Gasteiger partial charge in [-0.3, -0.25) is 4.79 Å². The molecule has 0 unspecified atom stereocenters. The molecule has 1 fully saturated rings. The molecule has 0 aromatic heterocycles. The van der Waals surface area contributed by atoms with Gasteiger partial charge in [-0.05, 0) is 49.2 Å². The highest BCUT2D eigenvalue weighted by atomic mass is 16.5. The van der Waals surface area contributed by atoms with Gasteiger partial charge < -0.3 is 14.8 Å². The molecule has 0 aliphatic heterocycles. The Hall–Kier alpha value is -2.49. The van der Waals surface area contributed by atoms with Crippen molar-refractivity contribution in [3.63, 3.8) is 0 Å². The summed E-state index contributed by atoms with van der Waals surface area (Å²) in [5, 5.41) is 2.87. The Morgan fingerprint density at radius 1 is 0.955 bits per heavy atom. The van der Waals surface area contributed by atoms with Crippen molar-refractivity contribution < 1.29 is 14.3 Å². The summed E-state index contributed by atoms with van der Waals surface area (Å²) in [6, 6.07) is 17.1. The third kappa shape index (κ3) is 4.25. The molecule has 2 aromatic carbocycles. The van der Waals surface area contributed by atoms with Gasteiger partial charge >= 0.3 is 0 Å². The van der Waals surface area contributed by atoms with Gasteiger partial charge in [-0.15, -0.1) is 0 Å². The van der Waals surface area contributed by atoms with Crippen LogP contribution in [-0.2, 0) is 4.79 Å². The van der Waals surface area contributed by atoms with Crippen molar-refractivity contribution >= 4 is 5.91 Å². The van der Waals surface area contributed by atoms with E-state index in [1.807, 2.05) is 54.6 Å². The Kier molecular flexibility index (Phi) is 4.59. The Labute approximate surface area is 130 Å². The molecule has 1 aliphatic rings. The van der Waals surface area contributed by atoms with Gasteiger partial charge in [0.1, 0.15) is 23.9 Å². The summed E-state index contributed by atoms with van der Waals surface area (Å²) >= 11 is 0. The average Bonchev–Trinajstić information content (AvgIpc) is 3.39. The Bertz CT molecular complexity index is 606. The lowest BCUT2D eigenvalue weighted by Gasteiger charge is -2.09. The van der Waals surface area contributed by atoms with E-state index in [-0.39, 0.29) is 11.8 Å². The molecular formula is C18H19NO3. The Balaban J connectivity index is 1.42. The number of nitrogens with one attached hydrogen (secondary N) is 1. The van der Waals surface area contributed by atoms with Crippen LogP contribution in [0.5, 0.6) is 17.2 Å². The SMILES string of the molecule is O=C(NCCOc1ccc(Oc2ccccc2)cc1)C1CC1. The van der Waals surface area contributed by atoms with E-state index in [9.17, 15) is 4.79 Å². The van der Waals surface area contributed by atoms with Gasteiger partial charge in [0, 0.05) is 5.92 Å². The van der Waals surface area contributed by atoms with E-state index in [1.165, 1.54) is 0 Å². The number of hydrogen-bond donors (Lipinski definition) is 1. The Morgan fingerprint density at radius 3 is 2.27 bits per heavy atom. The fourth-order valence-corrected chi connectivity index (χ4v) is 2.06. The average molecular weight is 297 g/mol. The molecule has 0 heterocycles. The van der Waals surface area contributed by atoms with Crippen molar-refractivity contribution in [1.82, 2.24) is 5.32 Å². The summed E-state index contributed by atoms with van der Waals surface area (Å²) in [6.45, 7) is 1.01. The summed E-state index contributed by atoms with van der Waals surface area (Å²) < 4.78 is 11.3. The van der Waals surface area contributed by atoms with Crippen LogP contribution in [0.3, 0.4) is 0 Å². The minimum Gasteiger partial charge on any atom is -0.492 e. The number of rotatable bonds is 7. The van der Waals surface area contributed by atoms with Gasteiger partial charge in [-0.2, -0.15) is 0 Å². The van der Waals surface area contributed by atoms with E-state index in [0.29, 0.717) is 13.2 Å².